The van der Waals surface area contributed by atoms with E-state index >= 15 is 0 Å². The third kappa shape index (κ3) is 3.02. The first-order chi connectivity index (χ1) is 7.72. The molecule has 0 aliphatic rings. The molecule has 0 amide bonds. The van der Waals surface area contributed by atoms with E-state index < -0.39 is 0 Å². The maximum atomic E-state index is 8.93. The summed E-state index contributed by atoms with van der Waals surface area (Å²) in [6, 6.07) is 0. The Morgan fingerprint density at radius 1 is 1.38 bits per heavy atom. The largest absolute Gasteiger partial charge is 0.395 e. The molecule has 0 bridgehead atoms. The summed E-state index contributed by atoms with van der Waals surface area (Å²) in [7, 11) is 0. The minimum Gasteiger partial charge on any atom is -0.395 e. The molecule has 0 aliphatic carbocycles. The highest BCUT2D eigenvalue weighted by Crippen LogP contribution is 2.16. The number of hydrogen-bond acceptors (Lipinski definition) is 7. The third-order valence-electron chi connectivity index (χ3n) is 2.11. The normalized spacial score (nSPS) is 10.2. The van der Waals surface area contributed by atoms with Gasteiger partial charge in [0.25, 0.3) is 0 Å². The molecule has 0 aliphatic heterocycles. The average Bonchev–Trinajstić information content (AvgIpc) is 2.29. The van der Waals surface area contributed by atoms with Gasteiger partial charge in [-0.1, -0.05) is 0 Å². The zero-order valence-electron chi connectivity index (χ0n) is 9.22. The van der Waals surface area contributed by atoms with E-state index in [0.29, 0.717) is 24.9 Å². The molecule has 0 saturated carbocycles. The van der Waals surface area contributed by atoms with Crippen LogP contribution in [0, 0.1) is 6.92 Å². The van der Waals surface area contributed by atoms with Crippen LogP contribution in [-0.4, -0.2) is 46.5 Å². The maximum Gasteiger partial charge on any atom is 0.239 e. The number of nitrogens with two attached hydrogens (primary N) is 1. The first-order valence-electron chi connectivity index (χ1n) is 4.99. The van der Waals surface area contributed by atoms with E-state index in [1.54, 1.807) is 11.1 Å². The molecule has 0 fully saturated rings. The van der Waals surface area contributed by atoms with E-state index in [1.165, 1.54) is 0 Å². The van der Waals surface area contributed by atoms with Crippen LogP contribution in [0.2, 0.25) is 0 Å². The summed E-state index contributed by atoms with van der Waals surface area (Å²) in [5, 5.41) is 17.9. The van der Waals surface area contributed by atoms with E-state index in [1.807, 2.05) is 6.92 Å². The van der Waals surface area contributed by atoms with Crippen molar-refractivity contribution in [2.24, 2.45) is 5.84 Å². The van der Waals surface area contributed by atoms with Gasteiger partial charge < -0.3 is 15.1 Å². The smallest absolute Gasteiger partial charge is 0.239 e. The maximum absolute atomic E-state index is 8.93. The second-order valence-electron chi connectivity index (χ2n) is 3.28. The number of aliphatic hydroxyl groups is 2. The number of hydrogen-bond donors (Lipinski definition) is 4. The van der Waals surface area contributed by atoms with Crippen molar-refractivity contribution in [3.05, 3.63) is 11.8 Å². The van der Waals surface area contributed by atoms with Crippen LogP contribution in [-0.2, 0) is 0 Å². The number of aliphatic hydroxyl groups excluding tert-OH is 2. The Morgan fingerprint density at radius 2 is 2.00 bits per heavy atom. The molecule has 7 heteroatoms. The monoisotopic (exact) mass is 227 g/mol. The van der Waals surface area contributed by atoms with Crippen LogP contribution in [0.5, 0.6) is 0 Å². The molecule has 16 heavy (non-hydrogen) atoms. The summed E-state index contributed by atoms with van der Waals surface area (Å²) < 4.78 is 0. The lowest BCUT2D eigenvalue weighted by atomic mass is 10.3. The minimum absolute atomic E-state index is 0.00513. The first kappa shape index (κ1) is 12.6. The van der Waals surface area contributed by atoms with Gasteiger partial charge in [-0.15, -0.1) is 0 Å². The van der Waals surface area contributed by atoms with Crippen LogP contribution in [0.25, 0.3) is 0 Å². The highest BCUT2D eigenvalue weighted by Gasteiger charge is 2.11. The van der Waals surface area contributed by atoms with Gasteiger partial charge in [0.1, 0.15) is 5.82 Å². The number of hydrazine groups is 1. The Balaban J connectivity index is 2.96. The SMILES string of the molecule is Cc1cnc(NN)nc1N(CCO)CCO. The van der Waals surface area contributed by atoms with E-state index in [4.69, 9.17) is 16.1 Å². The molecule has 1 rings (SSSR count). The summed E-state index contributed by atoms with van der Waals surface area (Å²) in [4.78, 5) is 9.92. The average molecular weight is 227 g/mol. The lowest BCUT2D eigenvalue weighted by Crippen LogP contribution is -2.31. The number of rotatable bonds is 6. The molecule has 7 nitrogen and oxygen atoms in total. The van der Waals surface area contributed by atoms with E-state index in [0.717, 1.165) is 5.56 Å². The van der Waals surface area contributed by atoms with Crippen LogP contribution < -0.4 is 16.2 Å². The Morgan fingerprint density at radius 3 is 2.50 bits per heavy atom. The predicted octanol–water partition coefficient (Wildman–Crippen LogP) is -1.14. The number of nitrogen functional groups attached to an aromatic ring is 1. The summed E-state index contributed by atoms with van der Waals surface area (Å²) in [5.74, 6) is 6.19. The molecule has 1 aromatic rings. The summed E-state index contributed by atoms with van der Waals surface area (Å²) in [6.45, 7) is 2.66. The Labute approximate surface area is 93.9 Å². The minimum atomic E-state index is -0.00513. The van der Waals surface area contributed by atoms with Crippen molar-refractivity contribution >= 4 is 11.8 Å². The van der Waals surface area contributed by atoms with Crippen LogP contribution in [0.15, 0.2) is 6.20 Å². The molecule has 0 spiro atoms. The molecule has 1 aromatic heterocycles. The molecular weight excluding hydrogens is 210 g/mol. The van der Waals surface area contributed by atoms with Crippen molar-refractivity contribution in [3.8, 4) is 0 Å². The highest BCUT2D eigenvalue weighted by molar-refractivity contribution is 5.48. The van der Waals surface area contributed by atoms with E-state index in [9.17, 15) is 0 Å². The van der Waals surface area contributed by atoms with Gasteiger partial charge in [0.2, 0.25) is 5.95 Å². The van der Waals surface area contributed by atoms with Crippen LogP contribution >= 0.6 is 0 Å². The molecule has 5 N–H and O–H groups in total. The van der Waals surface area contributed by atoms with Gasteiger partial charge in [-0.05, 0) is 6.92 Å². The lowest BCUT2D eigenvalue weighted by molar-refractivity contribution is 0.280. The fourth-order valence-electron chi connectivity index (χ4n) is 1.39. The molecular formula is C9H17N5O2. The Hall–Kier alpha value is -1.44. The Bertz CT molecular complexity index is 328. The van der Waals surface area contributed by atoms with E-state index in [-0.39, 0.29) is 13.2 Å². The second kappa shape index (κ2) is 6.21. The molecule has 0 unspecified atom stereocenters. The van der Waals surface area contributed by atoms with Gasteiger partial charge in [0.15, 0.2) is 0 Å². The van der Waals surface area contributed by atoms with Crippen molar-refractivity contribution < 1.29 is 10.2 Å². The zero-order chi connectivity index (χ0) is 12.0. The summed E-state index contributed by atoms with van der Waals surface area (Å²) in [5.41, 5.74) is 3.22. The molecule has 90 valence electrons. The fraction of sp³-hybridized carbons (Fsp3) is 0.556. The van der Waals surface area contributed by atoms with Crippen LogP contribution in [0.4, 0.5) is 11.8 Å². The molecule has 1 heterocycles. The molecule has 0 radical (unpaired) electrons. The second-order valence-corrected chi connectivity index (χ2v) is 3.28. The standard InChI is InChI=1S/C9H17N5O2/c1-7-6-11-9(13-10)12-8(7)14(2-4-15)3-5-16/h6,15-16H,2-5,10H2,1H3,(H,11,12,13). The van der Waals surface area contributed by atoms with Gasteiger partial charge >= 0.3 is 0 Å². The molecule has 0 saturated heterocycles. The molecule has 0 aromatic carbocycles. The summed E-state index contributed by atoms with van der Waals surface area (Å²) in [6.07, 6.45) is 1.64. The van der Waals surface area contributed by atoms with Gasteiger partial charge in [-0.3, -0.25) is 5.43 Å². The van der Waals surface area contributed by atoms with Gasteiger partial charge in [0, 0.05) is 24.8 Å². The fourth-order valence-corrected chi connectivity index (χ4v) is 1.39. The van der Waals surface area contributed by atoms with Crippen molar-refractivity contribution in [1.29, 1.82) is 0 Å². The number of nitrogens with zero attached hydrogens (tertiary/aromatic N) is 3. The first-order valence-corrected chi connectivity index (χ1v) is 4.99. The van der Waals surface area contributed by atoms with E-state index in [2.05, 4.69) is 15.4 Å². The van der Waals surface area contributed by atoms with Gasteiger partial charge in [0.05, 0.1) is 13.2 Å². The lowest BCUT2D eigenvalue weighted by Gasteiger charge is -2.23. The van der Waals surface area contributed by atoms with Crippen LogP contribution in [0.3, 0.4) is 0 Å². The van der Waals surface area contributed by atoms with Crippen molar-refractivity contribution in [2.45, 2.75) is 6.92 Å². The zero-order valence-corrected chi connectivity index (χ0v) is 9.22. The number of anilines is 2. The number of aryl methyl sites for hydroxylation is 1. The Kier molecular flexibility index (Phi) is 4.90. The quantitative estimate of drug-likeness (QED) is 0.359. The molecule has 0 atom stereocenters. The van der Waals surface area contributed by atoms with Gasteiger partial charge in [-0.2, -0.15) is 4.98 Å². The predicted molar refractivity (Wildman–Crippen MR) is 61.0 cm³/mol. The van der Waals surface area contributed by atoms with Crippen LogP contribution in [0.1, 0.15) is 5.56 Å². The number of nitrogens with one attached hydrogen (secondary N) is 1. The topological polar surface area (TPSA) is 108 Å². The third-order valence-corrected chi connectivity index (χ3v) is 2.11. The highest BCUT2D eigenvalue weighted by atomic mass is 16.3. The number of aromatic nitrogens is 2. The van der Waals surface area contributed by atoms with Gasteiger partial charge in [-0.25, -0.2) is 10.8 Å². The van der Waals surface area contributed by atoms with Crippen molar-refractivity contribution in [2.75, 3.05) is 36.6 Å². The van der Waals surface area contributed by atoms with Crippen molar-refractivity contribution in [3.63, 3.8) is 0 Å². The van der Waals surface area contributed by atoms with Crippen molar-refractivity contribution in [1.82, 2.24) is 9.97 Å². The summed E-state index contributed by atoms with van der Waals surface area (Å²) >= 11 is 0.